The SMILES string of the molecule is Cc1nc(CC(=O)OCC(=O)NC(=O)Cc2ccccc2)cs1. The Bertz CT molecular complexity index is 697. The molecule has 6 nitrogen and oxygen atoms in total. The van der Waals surface area contributed by atoms with Gasteiger partial charge in [0.15, 0.2) is 6.61 Å². The van der Waals surface area contributed by atoms with E-state index < -0.39 is 24.4 Å². The highest BCUT2D eigenvalue weighted by atomic mass is 32.1. The number of ether oxygens (including phenoxy) is 1. The third kappa shape index (κ3) is 5.99. The van der Waals surface area contributed by atoms with Crippen LogP contribution in [0, 0.1) is 6.92 Å². The van der Waals surface area contributed by atoms with Crippen molar-refractivity contribution in [2.75, 3.05) is 6.61 Å². The number of nitrogens with zero attached hydrogens (tertiary/aromatic N) is 1. The number of aromatic nitrogens is 1. The van der Waals surface area contributed by atoms with Gasteiger partial charge in [0.25, 0.3) is 5.91 Å². The molecule has 0 saturated carbocycles. The second-order valence-corrected chi connectivity index (χ2v) is 5.89. The molecule has 0 aliphatic carbocycles. The molecule has 1 N–H and O–H groups in total. The second kappa shape index (κ2) is 8.19. The van der Waals surface area contributed by atoms with E-state index in [9.17, 15) is 14.4 Å². The first-order valence-corrected chi connectivity index (χ1v) is 7.84. The first kappa shape index (κ1) is 16.8. The molecule has 0 bridgehead atoms. The van der Waals surface area contributed by atoms with Gasteiger partial charge in [0.2, 0.25) is 5.91 Å². The van der Waals surface area contributed by atoms with E-state index in [1.807, 2.05) is 25.1 Å². The van der Waals surface area contributed by atoms with Crippen molar-refractivity contribution in [1.29, 1.82) is 0 Å². The highest BCUT2D eigenvalue weighted by Crippen LogP contribution is 2.08. The molecule has 0 radical (unpaired) electrons. The summed E-state index contributed by atoms with van der Waals surface area (Å²) in [6.07, 6.45) is 0.105. The van der Waals surface area contributed by atoms with Gasteiger partial charge in [-0.15, -0.1) is 11.3 Å². The van der Waals surface area contributed by atoms with Crippen molar-refractivity contribution in [2.24, 2.45) is 0 Å². The number of benzene rings is 1. The number of imide groups is 1. The molecular weight excluding hydrogens is 316 g/mol. The normalized spacial score (nSPS) is 10.1. The number of carbonyl (C=O) groups excluding carboxylic acids is 3. The summed E-state index contributed by atoms with van der Waals surface area (Å²) in [5.74, 6) is -1.64. The van der Waals surface area contributed by atoms with Crippen molar-refractivity contribution in [2.45, 2.75) is 19.8 Å². The highest BCUT2D eigenvalue weighted by molar-refractivity contribution is 7.09. The van der Waals surface area contributed by atoms with Crippen LogP contribution in [0.5, 0.6) is 0 Å². The summed E-state index contributed by atoms with van der Waals surface area (Å²) < 4.78 is 4.83. The standard InChI is InChI=1S/C16H16N2O4S/c1-11-17-13(10-23-11)8-16(21)22-9-15(20)18-14(19)7-12-5-3-2-4-6-12/h2-6,10H,7-9H2,1H3,(H,18,19,20). The van der Waals surface area contributed by atoms with Crippen molar-refractivity contribution >= 4 is 29.1 Å². The van der Waals surface area contributed by atoms with Crippen LogP contribution in [0.1, 0.15) is 16.3 Å². The van der Waals surface area contributed by atoms with Gasteiger partial charge >= 0.3 is 5.97 Å². The molecule has 0 aliphatic heterocycles. The third-order valence-electron chi connectivity index (χ3n) is 2.84. The zero-order valence-corrected chi connectivity index (χ0v) is 13.4. The van der Waals surface area contributed by atoms with E-state index in [2.05, 4.69) is 10.3 Å². The Morgan fingerprint density at radius 2 is 1.87 bits per heavy atom. The lowest BCUT2D eigenvalue weighted by Gasteiger charge is -2.05. The lowest BCUT2D eigenvalue weighted by atomic mass is 10.1. The van der Waals surface area contributed by atoms with Crippen LogP contribution in [0.2, 0.25) is 0 Å². The van der Waals surface area contributed by atoms with E-state index in [-0.39, 0.29) is 12.8 Å². The topological polar surface area (TPSA) is 85.4 Å². The Morgan fingerprint density at radius 1 is 1.13 bits per heavy atom. The van der Waals surface area contributed by atoms with Gasteiger partial charge in [-0.3, -0.25) is 19.7 Å². The highest BCUT2D eigenvalue weighted by Gasteiger charge is 2.13. The van der Waals surface area contributed by atoms with Gasteiger partial charge in [-0.1, -0.05) is 30.3 Å². The molecule has 0 atom stereocenters. The molecule has 23 heavy (non-hydrogen) atoms. The Kier molecular flexibility index (Phi) is 5.99. The largest absolute Gasteiger partial charge is 0.455 e. The first-order valence-electron chi connectivity index (χ1n) is 6.96. The van der Waals surface area contributed by atoms with Crippen molar-refractivity contribution in [3.63, 3.8) is 0 Å². The molecular formula is C16H16N2O4S. The van der Waals surface area contributed by atoms with Crippen molar-refractivity contribution in [3.05, 3.63) is 52.0 Å². The molecule has 0 saturated heterocycles. The van der Waals surface area contributed by atoms with Gasteiger partial charge in [-0.05, 0) is 12.5 Å². The van der Waals surface area contributed by atoms with Gasteiger partial charge in [0, 0.05) is 5.38 Å². The van der Waals surface area contributed by atoms with E-state index in [0.29, 0.717) is 5.69 Å². The fourth-order valence-corrected chi connectivity index (χ4v) is 2.46. The summed E-state index contributed by atoms with van der Waals surface area (Å²) >= 11 is 1.44. The van der Waals surface area contributed by atoms with Crippen molar-refractivity contribution < 1.29 is 19.1 Å². The summed E-state index contributed by atoms with van der Waals surface area (Å²) in [5.41, 5.74) is 1.41. The van der Waals surface area contributed by atoms with Crippen LogP contribution in [0.3, 0.4) is 0 Å². The zero-order valence-electron chi connectivity index (χ0n) is 12.6. The Labute approximate surface area is 137 Å². The van der Waals surface area contributed by atoms with Crippen LogP contribution >= 0.6 is 11.3 Å². The maximum Gasteiger partial charge on any atom is 0.312 e. The van der Waals surface area contributed by atoms with Crippen LogP contribution in [-0.4, -0.2) is 29.4 Å². The lowest BCUT2D eigenvalue weighted by molar-refractivity contribution is -0.149. The molecule has 0 fully saturated rings. The van der Waals surface area contributed by atoms with E-state index in [1.165, 1.54) is 11.3 Å². The second-order valence-electron chi connectivity index (χ2n) is 4.83. The number of esters is 1. The number of hydrogen-bond acceptors (Lipinski definition) is 6. The molecule has 2 rings (SSSR count). The van der Waals surface area contributed by atoms with Gasteiger partial charge < -0.3 is 4.74 Å². The third-order valence-corrected chi connectivity index (χ3v) is 3.66. The van der Waals surface area contributed by atoms with Crippen molar-refractivity contribution in [1.82, 2.24) is 10.3 Å². The number of amides is 2. The minimum Gasteiger partial charge on any atom is -0.455 e. The smallest absolute Gasteiger partial charge is 0.312 e. The van der Waals surface area contributed by atoms with Crippen LogP contribution in [0.4, 0.5) is 0 Å². The maximum atomic E-state index is 11.7. The van der Waals surface area contributed by atoms with E-state index >= 15 is 0 Å². The lowest BCUT2D eigenvalue weighted by Crippen LogP contribution is -2.35. The number of rotatable bonds is 6. The fourth-order valence-electron chi connectivity index (χ4n) is 1.85. The number of thiazole rings is 1. The summed E-state index contributed by atoms with van der Waals surface area (Å²) in [4.78, 5) is 39.0. The van der Waals surface area contributed by atoms with E-state index in [1.54, 1.807) is 17.5 Å². The number of nitrogens with one attached hydrogen (secondary N) is 1. The molecule has 1 heterocycles. The average molecular weight is 332 g/mol. The van der Waals surface area contributed by atoms with Crippen LogP contribution in [0.25, 0.3) is 0 Å². The minimum atomic E-state index is -0.645. The molecule has 0 unspecified atom stereocenters. The molecule has 2 amide bonds. The van der Waals surface area contributed by atoms with Gasteiger partial charge in [0.05, 0.1) is 23.5 Å². The van der Waals surface area contributed by atoms with Crippen molar-refractivity contribution in [3.8, 4) is 0 Å². The summed E-state index contributed by atoms with van der Waals surface area (Å²) in [5, 5.41) is 4.81. The van der Waals surface area contributed by atoms with E-state index in [0.717, 1.165) is 10.6 Å². The van der Waals surface area contributed by atoms with Gasteiger partial charge in [-0.2, -0.15) is 0 Å². The predicted molar refractivity (Wildman–Crippen MR) is 84.8 cm³/mol. The molecule has 7 heteroatoms. The molecule has 0 aliphatic rings. The van der Waals surface area contributed by atoms with E-state index in [4.69, 9.17) is 4.74 Å². The summed E-state index contributed by atoms with van der Waals surface area (Å²) in [7, 11) is 0. The molecule has 0 spiro atoms. The number of aryl methyl sites for hydroxylation is 1. The Morgan fingerprint density at radius 3 is 2.52 bits per heavy atom. The van der Waals surface area contributed by atoms with Gasteiger partial charge in [-0.25, -0.2) is 4.98 Å². The maximum absolute atomic E-state index is 11.7. The molecule has 1 aromatic heterocycles. The fraction of sp³-hybridized carbons (Fsp3) is 0.250. The molecule has 120 valence electrons. The predicted octanol–water partition coefficient (Wildman–Crippen LogP) is 1.42. The number of hydrogen-bond donors (Lipinski definition) is 1. The summed E-state index contributed by atoms with van der Waals surface area (Å²) in [6, 6.07) is 9.05. The molecule has 1 aromatic carbocycles. The van der Waals surface area contributed by atoms with Crippen LogP contribution in [-0.2, 0) is 32.0 Å². The summed E-state index contributed by atoms with van der Waals surface area (Å²) in [6.45, 7) is 1.35. The van der Waals surface area contributed by atoms with Gasteiger partial charge in [0.1, 0.15) is 0 Å². The molecule has 2 aromatic rings. The minimum absolute atomic E-state index is 0.00951. The average Bonchev–Trinajstić information content (AvgIpc) is 2.91. The van der Waals surface area contributed by atoms with Crippen LogP contribution < -0.4 is 5.32 Å². The van der Waals surface area contributed by atoms with Crippen LogP contribution in [0.15, 0.2) is 35.7 Å². The quantitative estimate of drug-likeness (QED) is 0.809. The monoisotopic (exact) mass is 332 g/mol. The Balaban J connectivity index is 1.70. The Hall–Kier alpha value is -2.54. The first-order chi connectivity index (χ1) is 11.0. The number of carbonyl (C=O) groups is 3. The zero-order chi connectivity index (χ0) is 16.7.